The largest absolute Gasteiger partial charge is 0.353 e. The lowest BCUT2D eigenvalue weighted by molar-refractivity contribution is -0.120. The number of likely N-dealkylation sites (tertiary alicyclic amines) is 1. The number of hydrogen-bond acceptors (Lipinski definition) is 3. The maximum atomic E-state index is 11.1. The van der Waals surface area contributed by atoms with E-state index in [4.69, 9.17) is 5.73 Å². The topological polar surface area (TPSA) is 87.5 Å². The number of urea groups is 1. The Hall–Kier alpha value is -1.30. The second kappa shape index (κ2) is 4.80. The van der Waals surface area contributed by atoms with Gasteiger partial charge in [0.2, 0.25) is 5.91 Å². The van der Waals surface area contributed by atoms with Crippen LogP contribution in [0, 0.1) is 0 Å². The van der Waals surface area contributed by atoms with Gasteiger partial charge in [-0.15, -0.1) is 0 Å². The zero-order valence-corrected chi connectivity index (χ0v) is 8.25. The van der Waals surface area contributed by atoms with Crippen molar-refractivity contribution >= 4 is 11.9 Å². The molecule has 0 spiro atoms. The molecule has 0 saturated carbocycles. The number of nitrogens with zero attached hydrogens (tertiary/aromatic N) is 1. The highest BCUT2D eigenvalue weighted by Gasteiger charge is 2.30. The van der Waals surface area contributed by atoms with E-state index in [-0.39, 0.29) is 11.9 Å². The minimum Gasteiger partial charge on any atom is -0.353 e. The van der Waals surface area contributed by atoms with E-state index < -0.39 is 6.03 Å². The van der Waals surface area contributed by atoms with Gasteiger partial charge in [0.25, 0.3) is 0 Å². The second-order valence-electron chi connectivity index (χ2n) is 3.31. The molecule has 6 heteroatoms. The van der Waals surface area contributed by atoms with Crippen molar-refractivity contribution in [3.63, 3.8) is 0 Å². The number of carbonyl (C=O) groups is 2. The molecular weight excluding hydrogens is 184 g/mol. The van der Waals surface area contributed by atoms with Gasteiger partial charge < -0.3 is 21.3 Å². The molecule has 4 N–H and O–H groups in total. The Bertz CT molecular complexity index is 231. The third-order valence-corrected chi connectivity index (χ3v) is 2.30. The number of nitrogens with two attached hydrogens (primary N) is 1. The summed E-state index contributed by atoms with van der Waals surface area (Å²) in [7, 11) is 1.71. The predicted molar refractivity (Wildman–Crippen MR) is 51.6 cm³/mol. The third-order valence-electron chi connectivity index (χ3n) is 2.30. The van der Waals surface area contributed by atoms with Crippen LogP contribution in [0.15, 0.2) is 0 Å². The van der Waals surface area contributed by atoms with Crippen molar-refractivity contribution in [2.24, 2.45) is 5.73 Å². The van der Waals surface area contributed by atoms with Gasteiger partial charge in [-0.3, -0.25) is 4.79 Å². The quantitative estimate of drug-likeness (QED) is 0.515. The van der Waals surface area contributed by atoms with Gasteiger partial charge >= 0.3 is 6.03 Å². The molecule has 3 amide bonds. The lowest BCUT2D eigenvalue weighted by Crippen LogP contribution is -2.57. The molecule has 80 valence electrons. The first kappa shape index (κ1) is 10.8. The molecule has 0 aromatic heterocycles. The lowest BCUT2D eigenvalue weighted by Gasteiger charge is -2.39. The summed E-state index contributed by atoms with van der Waals surface area (Å²) in [4.78, 5) is 23.4. The van der Waals surface area contributed by atoms with Crippen LogP contribution in [0.25, 0.3) is 0 Å². The molecule has 6 nitrogen and oxygen atoms in total. The SMILES string of the molecule is CNCC(=O)NCC1CCN1C(N)=O. The highest BCUT2D eigenvalue weighted by molar-refractivity contribution is 5.78. The van der Waals surface area contributed by atoms with E-state index in [1.165, 1.54) is 0 Å². The molecule has 0 aromatic rings. The van der Waals surface area contributed by atoms with Crippen LogP contribution in [0.3, 0.4) is 0 Å². The van der Waals surface area contributed by atoms with Crippen LogP contribution in [0.2, 0.25) is 0 Å². The fourth-order valence-electron chi connectivity index (χ4n) is 1.40. The van der Waals surface area contributed by atoms with Gasteiger partial charge in [0.1, 0.15) is 0 Å². The normalized spacial score (nSPS) is 20.1. The summed E-state index contributed by atoms with van der Waals surface area (Å²) in [6.45, 7) is 1.48. The van der Waals surface area contributed by atoms with E-state index in [9.17, 15) is 9.59 Å². The standard InChI is InChI=1S/C8H16N4O2/c1-10-5-7(13)11-4-6-2-3-12(6)8(9)14/h6,10H,2-5H2,1H3,(H2,9,14)(H,11,13). The number of primary amides is 1. The van der Waals surface area contributed by atoms with Gasteiger partial charge in [0, 0.05) is 13.1 Å². The van der Waals surface area contributed by atoms with Crippen molar-refractivity contribution in [1.29, 1.82) is 0 Å². The molecule has 1 rings (SSSR count). The first-order valence-corrected chi connectivity index (χ1v) is 4.62. The van der Waals surface area contributed by atoms with Crippen LogP contribution in [0.5, 0.6) is 0 Å². The molecule has 0 bridgehead atoms. The average Bonchev–Trinajstić information content (AvgIpc) is 2.01. The predicted octanol–water partition coefficient (Wildman–Crippen LogP) is -1.52. The number of carbonyl (C=O) groups excluding carboxylic acids is 2. The van der Waals surface area contributed by atoms with Crippen LogP contribution < -0.4 is 16.4 Å². The van der Waals surface area contributed by atoms with Crippen molar-refractivity contribution in [3.8, 4) is 0 Å². The summed E-state index contributed by atoms with van der Waals surface area (Å²) in [6.07, 6.45) is 0.906. The van der Waals surface area contributed by atoms with E-state index >= 15 is 0 Å². The van der Waals surface area contributed by atoms with Gasteiger partial charge in [0.05, 0.1) is 12.6 Å². The fraction of sp³-hybridized carbons (Fsp3) is 0.750. The van der Waals surface area contributed by atoms with Crippen molar-refractivity contribution in [1.82, 2.24) is 15.5 Å². The number of rotatable bonds is 4. The molecule has 1 aliphatic heterocycles. The Morgan fingerprint density at radius 3 is 2.71 bits per heavy atom. The van der Waals surface area contributed by atoms with E-state index in [0.29, 0.717) is 19.6 Å². The van der Waals surface area contributed by atoms with E-state index in [2.05, 4.69) is 10.6 Å². The fourth-order valence-corrected chi connectivity index (χ4v) is 1.40. The van der Waals surface area contributed by atoms with Crippen molar-refractivity contribution < 1.29 is 9.59 Å². The van der Waals surface area contributed by atoms with Crippen molar-refractivity contribution in [2.75, 3.05) is 26.7 Å². The smallest absolute Gasteiger partial charge is 0.315 e. The summed E-state index contributed by atoms with van der Waals surface area (Å²) >= 11 is 0. The maximum absolute atomic E-state index is 11.1. The number of hydrogen-bond donors (Lipinski definition) is 3. The number of amides is 3. The van der Waals surface area contributed by atoms with Crippen LogP contribution in [0.4, 0.5) is 4.79 Å². The molecular formula is C8H16N4O2. The monoisotopic (exact) mass is 200 g/mol. The molecule has 1 aliphatic rings. The van der Waals surface area contributed by atoms with Gasteiger partial charge in [-0.25, -0.2) is 4.79 Å². The Morgan fingerprint density at radius 1 is 1.57 bits per heavy atom. The van der Waals surface area contributed by atoms with Crippen LogP contribution in [0.1, 0.15) is 6.42 Å². The average molecular weight is 200 g/mol. The Balaban J connectivity index is 2.19. The molecule has 0 aliphatic carbocycles. The van der Waals surface area contributed by atoms with Gasteiger partial charge in [-0.2, -0.15) is 0 Å². The molecule has 0 aromatic carbocycles. The summed E-state index contributed by atoms with van der Waals surface area (Å²) in [6, 6.07) is -0.336. The van der Waals surface area contributed by atoms with Gasteiger partial charge in [-0.1, -0.05) is 0 Å². The zero-order chi connectivity index (χ0) is 10.6. The van der Waals surface area contributed by atoms with Crippen LogP contribution >= 0.6 is 0 Å². The number of likely N-dealkylation sites (N-methyl/N-ethyl adjacent to an activating group) is 1. The van der Waals surface area contributed by atoms with Gasteiger partial charge in [0.15, 0.2) is 0 Å². The summed E-state index contributed by atoms with van der Waals surface area (Å²) in [5.41, 5.74) is 5.12. The van der Waals surface area contributed by atoms with E-state index in [0.717, 1.165) is 6.42 Å². The molecule has 1 unspecified atom stereocenters. The molecule has 1 atom stereocenters. The van der Waals surface area contributed by atoms with Gasteiger partial charge in [-0.05, 0) is 13.5 Å². The van der Waals surface area contributed by atoms with E-state index in [1.54, 1.807) is 11.9 Å². The van der Waals surface area contributed by atoms with Crippen molar-refractivity contribution in [3.05, 3.63) is 0 Å². The third kappa shape index (κ3) is 2.59. The minimum absolute atomic E-state index is 0.0659. The van der Waals surface area contributed by atoms with Crippen LogP contribution in [-0.2, 0) is 4.79 Å². The maximum Gasteiger partial charge on any atom is 0.315 e. The summed E-state index contributed by atoms with van der Waals surface area (Å²) in [5.74, 6) is -0.0659. The zero-order valence-electron chi connectivity index (χ0n) is 8.25. The van der Waals surface area contributed by atoms with Crippen LogP contribution in [-0.4, -0.2) is 49.6 Å². The molecule has 1 saturated heterocycles. The minimum atomic E-state index is -0.413. The molecule has 0 radical (unpaired) electrons. The summed E-state index contributed by atoms with van der Waals surface area (Å²) < 4.78 is 0. The van der Waals surface area contributed by atoms with E-state index in [1.807, 2.05) is 0 Å². The first-order valence-electron chi connectivity index (χ1n) is 4.62. The van der Waals surface area contributed by atoms with Crippen molar-refractivity contribution in [2.45, 2.75) is 12.5 Å². The highest BCUT2D eigenvalue weighted by Crippen LogP contribution is 2.15. The summed E-state index contributed by atoms with van der Waals surface area (Å²) in [5, 5.41) is 5.46. The Labute approximate surface area is 82.8 Å². The molecule has 14 heavy (non-hydrogen) atoms. The Kier molecular flexibility index (Phi) is 3.70. The number of nitrogens with one attached hydrogen (secondary N) is 2. The second-order valence-corrected chi connectivity index (χ2v) is 3.31. The first-order chi connectivity index (χ1) is 6.65. The molecule has 1 fully saturated rings. The lowest BCUT2D eigenvalue weighted by atomic mass is 10.0. The Morgan fingerprint density at radius 2 is 2.29 bits per heavy atom. The highest BCUT2D eigenvalue weighted by atomic mass is 16.2. The molecule has 1 heterocycles.